The number of hydrogen-bond donors (Lipinski definition) is 1. The third-order valence-corrected chi connectivity index (χ3v) is 5.10. The number of piperidine rings is 1. The van der Waals surface area contributed by atoms with Gasteiger partial charge in [-0.3, -0.25) is 4.90 Å². The van der Waals surface area contributed by atoms with Gasteiger partial charge in [-0.05, 0) is 45.1 Å². The smallest absolute Gasteiger partial charge is 0.0546 e. The fourth-order valence-electron chi connectivity index (χ4n) is 3.77. The molecule has 0 spiro atoms. The van der Waals surface area contributed by atoms with Crippen LogP contribution in [0.1, 0.15) is 53.4 Å². The topological polar surface area (TPSA) is 24.5 Å². The van der Waals surface area contributed by atoms with E-state index >= 15 is 0 Å². The molecule has 0 aromatic rings. The molecule has 0 aromatic carbocycles. The Hall–Kier alpha value is -0.120. The Morgan fingerprint density at radius 1 is 1.35 bits per heavy atom. The van der Waals surface area contributed by atoms with Gasteiger partial charge in [-0.25, -0.2) is 0 Å². The Morgan fingerprint density at radius 3 is 2.75 bits per heavy atom. The summed E-state index contributed by atoms with van der Waals surface area (Å²) in [6, 6.07) is 1.30. The molecule has 3 heteroatoms. The molecule has 1 N–H and O–H groups in total. The van der Waals surface area contributed by atoms with Crippen molar-refractivity contribution in [3.63, 3.8) is 0 Å². The van der Waals surface area contributed by atoms with Crippen LogP contribution in [0, 0.1) is 11.3 Å². The van der Waals surface area contributed by atoms with Gasteiger partial charge in [0.15, 0.2) is 0 Å². The number of rotatable bonds is 5. The monoisotopic (exact) mass is 282 g/mol. The van der Waals surface area contributed by atoms with Gasteiger partial charge in [-0.15, -0.1) is 0 Å². The minimum Gasteiger partial charge on any atom is -0.381 e. The second kappa shape index (κ2) is 7.24. The Kier molecular flexibility index (Phi) is 5.88. The van der Waals surface area contributed by atoms with Crippen LogP contribution in [0.4, 0.5) is 0 Å². The molecule has 0 aliphatic carbocycles. The van der Waals surface area contributed by atoms with E-state index in [1.165, 1.54) is 38.8 Å². The Balaban J connectivity index is 1.96. The average Bonchev–Trinajstić information content (AvgIpc) is 2.41. The summed E-state index contributed by atoms with van der Waals surface area (Å²) in [4.78, 5) is 2.72. The van der Waals surface area contributed by atoms with Gasteiger partial charge in [0.1, 0.15) is 0 Å². The first-order valence-corrected chi connectivity index (χ1v) is 8.56. The second-order valence-electron chi connectivity index (χ2n) is 7.64. The molecule has 20 heavy (non-hydrogen) atoms. The highest BCUT2D eigenvalue weighted by Gasteiger charge is 2.37. The zero-order chi connectivity index (χ0) is 14.6. The minimum atomic E-state index is 0.331. The van der Waals surface area contributed by atoms with Crippen LogP contribution in [0.15, 0.2) is 0 Å². The molecule has 2 aliphatic rings. The van der Waals surface area contributed by atoms with Crippen LogP contribution >= 0.6 is 0 Å². The van der Waals surface area contributed by atoms with Crippen molar-refractivity contribution in [2.24, 2.45) is 11.3 Å². The van der Waals surface area contributed by atoms with Crippen molar-refractivity contribution >= 4 is 0 Å². The van der Waals surface area contributed by atoms with E-state index in [0.717, 1.165) is 31.7 Å². The molecule has 2 aliphatic heterocycles. The summed E-state index contributed by atoms with van der Waals surface area (Å²) in [7, 11) is 0. The SMILES string of the molecule is CC1CCN(CC2(CNC(C)C)CCCOC2)C(C)C1. The lowest BCUT2D eigenvalue weighted by Gasteiger charge is -2.45. The molecule has 3 nitrogen and oxygen atoms in total. The maximum absolute atomic E-state index is 5.85. The lowest BCUT2D eigenvalue weighted by atomic mass is 9.80. The van der Waals surface area contributed by atoms with Crippen LogP contribution < -0.4 is 5.32 Å². The van der Waals surface area contributed by atoms with Crippen molar-refractivity contribution in [1.82, 2.24) is 10.2 Å². The fraction of sp³-hybridized carbons (Fsp3) is 1.00. The molecule has 0 amide bonds. The summed E-state index contributed by atoms with van der Waals surface area (Å²) in [5, 5.41) is 3.66. The largest absolute Gasteiger partial charge is 0.381 e. The van der Waals surface area contributed by atoms with Crippen molar-refractivity contribution in [2.75, 3.05) is 32.8 Å². The second-order valence-corrected chi connectivity index (χ2v) is 7.64. The molecular weight excluding hydrogens is 248 g/mol. The van der Waals surface area contributed by atoms with E-state index in [0.29, 0.717) is 11.5 Å². The Labute approximate surface area is 125 Å². The average molecular weight is 282 g/mol. The van der Waals surface area contributed by atoms with Gasteiger partial charge in [0.2, 0.25) is 0 Å². The van der Waals surface area contributed by atoms with E-state index in [-0.39, 0.29) is 0 Å². The molecule has 2 saturated heterocycles. The van der Waals surface area contributed by atoms with Crippen LogP contribution in [-0.2, 0) is 4.74 Å². The van der Waals surface area contributed by atoms with Gasteiger partial charge in [0.25, 0.3) is 0 Å². The molecule has 2 rings (SSSR count). The molecule has 2 fully saturated rings. The summed E-state index contributed by atoms with van der Waals surface area (Å²) >= 11 is 0. The van der Waals surface area contributed by atoms with E-state index in [4.69, 9.17) is 4.74 Å². The van der Waals surface area contributed by atoms with Crippen molar-refractivity contribution in [1.29, 1.82) is 0 Å². The number of nitrogens with one attached hydrogen (secondary N) is 1. The van der Waals surface area contributed by atoms with E-state index < -0.39 is 0 Å². The van der Waals surface area contributed by atoms with Gasteiger partial charge in [0.05, 0.1) is 6.61 Å². The first-order valence-electron chi connectivity index (χ1n) is 8.56. The van der Waals surface area contributed by atoms with Crippen LogP contribution in [0.2, 0.25) is 0 Å². The molecule has 3 atom stereocenters. The highest BCUT2D eigenvalue weighted by Crippen LogP contribution is 2.32. The summed E-state index contributed by atoms with van der Waals surface area (Å²) < 4.78 is 5.85. The van der Waals surface area contributed by atoms with E-state index in [9.17, 15) is 0 Å². The van der Waals surface area contributed by atoms with Crippen molar-refractivity contribution in [3.8, 4) is 0 Å². The highest BCUT2D eigenvalue weighted by atomic mass is 16.5. The number of likely N-dealkylation sites (tertiary alicyclic amines) is 1. The molecule has 2 heterocycles. The van der Waals surface area contributed by atoms with Crippen molar-refractivity contribution < 1.29 is 4.74 Å². The van der Waals surface area contributed by atoms with Gasteiger partial charge in [-0.1, -0.05) is 20.8 Å². The molecular formula is C17H34N2O. The Morgan fingerprint density at radius 2 is 2.15 bits per heavy atom. The third-order valence-electron chi connectivity index (χ3n) is 5.10. The first-order chi connectivity index (χ1) is 9.51. The summed E-state index contributed by atoms with van der Waals surface area (Å²) in [5.41, 5.74) is 0.331. The van der Waals surface area contributed by atoms with Crippen LogP contribution in [0.3, 0.4) is 0 Å². The van der Waals surface area contributed by atoms with Gasteiger partial charge >= 0.3 is 0 Å². The molecule has 0 bridgehead atoms. The lowest BCUT2D eigenvalue weighted by molar-refractivity contribution is -0.0395. The van der Waals surface area contributed by atoms with Gasteiger partial charge < -0.3 is 10.1 Å². The van der Waals surface area contributed by atoms with Crippen LogP contribution in [-0.4, -0.2) is 49.8 Å². The summed E-state index contributed by atoms with van der Waals surface area (Å²) in [6.45, 7) is 14.7. The predicted molar refractivity (Wildman–Crippen MR) is 85.1 cm³/mol. The fourth-order valence-corrected chi connectivity index (χ4v) is 3.77. The lowest BCUT2D eigenvalue weighted by Crippen LogP contribution is -2.53. The van der Waals surface area contributed by atoms with Crippen molar-refractivity contribution in [2.45, 2.75) is 65.5 Å². The zero-order valence-electron chi connectivity index (χ0n) is 14.0. The number of ether oxygens (including phenoxy) is 1. The molecule has 0 saturated carbocycles. The van der Waals surface area contributed by atoms with Crippen LogP contribution in [0.5, 0.6) is 0 Å². The van der Waals surface area contributed by atoms with Gasteiger partial charge in [0, 0.05) is 37.2 Å². The van der Waals surface area contributed by atoms with Crippen LogP contribution in [0.25, 0.3) is 0 Å². The standard InChI is InChI=1S/C17H34N2O/c1-14(2)18-11-17(7-5-9-20-13-17)12-19-8-6-15(3)10-16(19)4/h14-16,18H,5-13H2,1-4H3. The van der Waals surface area contributed by atoms with E-state index in [1.807, 2.05) is 0 Å². The first kappa shape index (κ1) is 16.3. The van der Waals surface area contributed by atoms with E-state index in [1.54, 1.807) is 0 Å². The maximum Gasteiger partial charge on any atom is 0.0546 e. The third kappa shape index (κ3) is 4.44. The molecule has 0 radical (unpaired) electrons. The molecule has 3 unspecified atom stereocenters. The maximum atomic E-state index is 5.85. The van der Waals surface area contributed by atoms with Crippen molar-refractivity contribution in [3.05, 3.63) is 0 Å². The normalized spacial score (nSPS) is 36.5. The summed E-state index contributed by atoms with van der Waals surface area (Å²) in [6.07, 6.45) is 5.25. The zero-order valence-corrected chi connectivity index (χ0v) is 14.0. The van der Waals surface area contributed by atoms with Gasteiger partial charge in [-0.2, -0.15) is 0 Å². The number of nitrogens with zero attached hydrogens (tertiary/aromatic N) is 1. The molecule has 118 valence electrons. The Bertz CT molecular complexity index is 287. The molecule has 0 aromatic heterocycles. The predicted octanol–water partition coefficient (Wildman–Crippen LogP) is 2.90. The number of hydrogen-bond acceptors (Lipinski definition) is 3. The quantitative estimate of drug-likeness (QED) is 0.839. The minimum absolute atomic E-state index is 0.331. The summed E-state index contributed by atoms with van der Waals surface area (Å²) in [5.74, 6) is 0.897. The highest BCUT2D eigenvalue weighted by molar-refractivity contribution is 4.90. The van der Waals surface area contributed by atoms with E-state index in [2.05, 4.69) is 37.9 Å².